The van der Waals surface area contributed by atoms with Gasteiger partial charge in [-0.2, -0.15) is 0 Å². The number of carboxylic acid groups (broad SMARTS) is 1. The van der Waals surface area contributed by atoms with E-state index in [0.717, 1.165) is 28.9 Å². The molecular formula is C30H29NO3. The molecule has 1 aliphatic rings. The van der Waals surface area contributed by atoms with Crippen LogP contribution in [0, 0.1) is 6.92 Å². The molecule has 0 radical (unpaired) electrons. The summed E-state index contributed by atoms with van der Waals surface area (Å²) in [6.07, 6.45) is 0.765. The topological polar surface area (TPSA) is 58.6 Å². The third-order valence-corrected chi connectivity index (χ3v) is 6.93. The number of carbonyl (C=O) groups is 1. The smallest absolute Gasteiger partial charge is 0.335 e. The first-order valence-corrected chi connectivity index (χ1v) is 11.8. The van der Waals surface area contributed by atoms with Crippen LogP contribution in [0.4, 0.5) is 0 Å². The zero-order chi connectivity index (χ0) is 23.7. The van der Waals surface area contributed by atoms with Gasteiger partial charge in [0.2, 0.25) is 0 Å². The predicted molar refractivity (Wildman–Crippen MR) is 136 cm³/mol. The fourth-order valence-electron chi connectivity index (χ4n) is 5.11. The summed E-state index contributed by atoms with van der Waals surface area (Å²) in [4.78, 5) is 11.6. The molecule has 0 amide bonds. The molecule has 0 fully saturated rings. The summed E-state index contributed by atoms with van der Waals surface area (Å²) in [6, 6.07) is 28.6. The van der Waals surface area contributed by atoms with E-state index < -0.39 is 5.97 Å². The zero-order valence-corrected chi connectivity index (χ0v) is 19.5. The van der Waals surface area contributed by atoms with Crippen LogP contribution in [-0.4, -0.2) is 23.7 Å². The van der Waals surface area contributed by atoms with Crippen LogP contribution in [0.2, 0.25) is 0 Å². The van der Waals surface area contributed by atoms with Gasteiger partial charge in [0, 0.05) is 24.1 Å². The minimum atomic E-state index is -0.899. The van der Waals surface area contributed by atoms with Gasteiger partial charge in [-0.15, -0.1) is 0 Å². The lowest BCUT2D eigenvalue weighted by Gasteiger charge is -2.34. The quantitative estimate of drug-likeness (QED) is 0.352. The molecule has 172 valence electrons. The van der Waals surface area contributed by atoms with Crippen molar-refractivity contribution in [2.75, 3.05) is 6.54 Å². The third kappa shape index (κ3) is 4.29. The van der Waals surface area contributed by atoms with Crippen molar-refractivity contribution >= 4 is 16.7 Å². The minimum Gasteiger partial charge on any atom is -0.489 e. The normalized spacial score (nSPS) is 18.2. The molecule has 1 aliphatic heterocycles. The highest BCUT2D eigenvalue weighted by molar-refractivity contribution is 5.88. The maximum Gasteiger partial charge on any atom is 0.335 e. The van der Waals surface area contributed by atoms with E-state index in [-0.39, 0.29) is 18.1 Å². The van der Waals surface area contributed by atoms with Crippen LogP contribution in [0.5, 0.6) is 5.75 Å². The standard InChI is InChI=1S/C30H29NO3/c1-19-14-15-22(30(32)33)16-27(19)28-17-23(34-29-13-6-5-11-26(28)29)18-31-20(2)24-12-7-9-21-8-3-4-10-25(21)24/h3-16,20,23,28,31H,17-18H2,1-2H3,(H,32,33)/t20?,23-,28-/m1/s1. The Hall–Kier alpha value is -3.63. The van der Waals surface area contributed by atoms with Gasteiger partial charge in [-0.3, -0.25) is 0 Å². The van der Waals surface area contributed by atoms with E-state index >= 15 is 0 Å². The van der Waals surface area contributed by atoms with E-state index in [1.165, 1.54) is 16.3 Å². The zero-order valence-electron chi connectivity index (χ0n) is 19.5. The van der Waals surface area contributed by atoms with E-state index in [4.69, 9.17) is 4.74 Å². The van der Waals surface area contributed by atoms with Gasteiger partial charge >= 0.3 is 5.97 Å². The van der Waals surface area contributed by atoms with Gasteiger partial charge in [0.05, 0.1) is 5.56 Å². The number of para-hydroxylation sites is 1. The van der Waals surface area contributed by atoms with Gasteiger partial charge in [-0.05, 0) is 65.9 Å². The Morgan fingerprint density at radius 1 is 1.00 bits per heavy atom. The Morgan fingerprint density at radius 3 is 2.62 bits per heavy atom. The molecule has 0 aromatic heterocycles. The van der Waals surface area contributed by atoms with Crippen molar-refractivity contribution in [3.63, 3.8) is 0 Å². The Morgan fingerprint density at radius 2 is 1.76 bits per heavy atom. The largest absolute Gasteiger partial charge is 0.489 e. The van der Waals surface area contributed by atoms with E-state index in [9.17, 15) is 9.90 Å². The number of ether oxygens (including phenoxy) is 1. The number of nitrogens with one attached hydrogen (secondary N) is 1. The molecular weight excluding hydrogens is 422 g/mol. The summed E-state index contributed by atoms with van der Waals surface area (Å²) in [5.41, 5.74) is 4.87. The molecule has 34 heavy (non-hydrogen) atoms. The van der Waals surface area contributed by atoms with E-state index in [2.05, 4.69) is 67.7 Å². The summed E-state index contributed by atoms with van der Waals surface area (Å²) in [5, 5.41) is 15.7. The van der Waals surface area contributed by atoms with Crippen molar-refractivity contribution in [2.45, 2.75) is 38.3 Å². The second kappa shape index (κ2) is 9.32. The number of aryl methyl sites for hydroxylation is 1. The van der Waals surface area contributed by atoms with Crippen molar-refractivity contribution in [1.29, 1.82) is 0 Å². The maximum atomic E-state index is 11.6. The lowest BCUT2D eigenvalue weighted by atomic mass is 9.81. The van der Waals surface area contributed by atoms with Gasteiger partial charge in [-0.1, -0.05) is 66.7 Å². The molecule has 4 heteroatoms. The average molecular weight is 452 g/mol. The highest BCUT2D eigenvalue weighted by Crippen LogP contribution is 2.41. The predicted octanol–water partition coefficient (Wildman–Crippen LogP) is 6.48. The van der Waals surface area contributed by atoms with Crippen LogP contribution in [0.1, 0.15) is 57.9 Å². The second-order valence-corrected chi connectivity index (χ2v) is 9.14. The van der Waals surface area contributed by atoms with Crippen LogP contribution in [0.25, 0.3) is 10.8 Å². The maximum absolute atomic E-state index is 11.6. The summed E-state index contributed by atoms with van der Waals surface area (Å²) < 4.78 is 6.40. The molecule has 4 nitrogen and oxygen atoms in total. The first kappa shape index (κ1) is 22.2. The molecule has 5 rings (SSSR count). The van der Waals surface area contributed by atoms with Gasteiger partial charge in [0.25, 0.3) is 0 Å². The van der Waals surface area contributed by atoms with Crippen molar-refractivity contribution in [1.82, 2.24) is 5.32 Å². The molecule has 1 heterocycles. The monoisotopic (exact) mass is 451 g/mol. The summed E-state index contributed by atoms with van der Waals surface area (Å²) >= 11 is 0. The summed E-state index contributed by atoms with van der Waals surface area (Å²) in [6.45, 7) is 4.94. The fraction of sp³-hybridized carbons (Fsp3) is 0.233. The van der Waals surface area contributed by atoms with E-state index in [1.54, 1.807) is 6.07 Å². The highest BCUT2D eigenvalue weighted by Gasteiger charge is 2.30. The second-order valence-electron chi connectivity index (χ2n) is 9.14. The molecule has 2 N–H and O–H groups in total. The summed E-state index contributed by atoms with van der Waals surface area (Å²) in [7, 11) is 0. The van der Waals surface area contributed by atoms with Crippen LogP contribution in [0.3, 0.4) is 0 Å². The first-order chi connectivity index (χ1) is 16.5. The average Bonchev–Trinajstić information content (AvgIpc) is 2.86. The number of hydrogen-bond acceptors (Lipinski definition) is 3. The third-order valence-electron chi connectivity index (χ3n) is 6.93. The molecule has 0 saturated heterocycles. The highest BCUT2D eigenvalue weighted by atomic mass is 16.5. The van der Waals surface area contributed by atoms with Crippen LogP contribution >= 0.6 is 0 Å². The van der Waals surface area contributed by atoms with Crippen molar-refractivity contribution in [2.24, 2.45) is 0 Å². The molecule has 0 spiro atoms. The minimum absolute atomic E-state index is 0.0230. The lowest BCUT2D eigenvalue weighted by Crippen LogP contribution is -2.37. The van der Waals surface area contributed by atoms with Crippen LogP contribution in [0.15, 0.2) is 84.9 Å². The van der Waals surface area contributed by atoms with Crippen molar-refractivity contribution in [3.8, 4) is 5.75 Å². The molecule has 1 unspecified atom stereocenters. The molecule has 0 saturated carbocycles. The number of benzene rings is 4. The van der Waals surface area contributed by atoms with Gasteiger partial charge in [-0.25, -0.2) is 4.79 Å². The van der Waals surface area contributed by atoms with E-state index in [0.29, 0.717) is 12.1 Å². The van der Waals surface area contributed by atoms with Crippen molar-refractivity contribution in [3.05, 3.63) is 113 Å². The van der Waals surface area contributed by atoms with E-state index in [1.807, 2.05) is 30.3 Å². The fourth-order valence-corrected chi connectivity index (χ4v) is 5.11. The number of hydrogen-bond donors (Lipinski definition) is 2. The van der Waals surface area contributed by atoms with Crippen molar-refractivity contribution < 1.29 is 14.6 Å². The Kier molecular flexibility index (Phi) is 6.08. The molecule has 4 aromatic carbocycles. The number of fused-ring (bicyclic) bond motifs is 2. The Bertz CT molecular complexity index is 1340. The Balaban J connectivity index is 1.40. The van der Waals surface area contributed by atoms with Crippen LogP contribution < -0.4 is 10.1 Å². The summed E-state index contributed by atoms with van der Waals surface area (Å²) in [5.74, 6) is 0.0659. The number of carboxylic acids is 1. The SMILES string of the molecule is Cc1ccc(C(=O)O)cc1[C@@H]1C[C@H](CNC(C)c2cccc3ccccc23)Oc2ccccc21. The Labute approximate surface area is 200 Å². The van der Waals surface area contributed by atoms with Gasteiger partial charge < -0.3 is 15.2 Å². The van der Waals surface area contributed by atoms with Gasteiger partial charge in [0.15, 0.2) is 0 Å². The lowest BCUT2D eigenvalue weighted by molar-refractivity contribution is 0.0696. The number of aromatic carboxylic acids is 1. The molecule has 3 atom stereocenters. The molecule has 0 aliphatic carbocycles. The molecule has 0 bridgehead atoms. The first-order valence-electron chi connectivity index (χ1n) is 11.8. The molecule has 4 aromatic rings. The number of rotatable bonds is 6. The van der Waals surface area contributed by atoms with Crippen LogP contribution in [-0.2, 0) is 0 Å². The van der Waals surface area contributed by atoms with Gasteiger partial charge in [0.1, 0.15) is 11.9 Å².